The van der Waals surface area contributed by atoms with Crippen LogP contribution in [-0.2, 0) is 4.79 Å². The predicted octanol–water partition coefficient (Wildman–Crippen LogP) is 1.87. The summed E-state index contributed by atoms with van der Waals surface area (Å²) < 4.78 is 13.2. The number of carboxylic acid groups (broad SMARTS) is 1. The van der Waals surface area contributed by atoms with Gasteiger partial charge in [0, 0.05) is 6.54 Å². The first kappa shape index (κ1) is 12.9. The standard InChI is InChI=1S/C10H11FN2O4/c1-6(10(14)15)5-12-8-4-2-3-7(11)9(8)13(16)17/h2-4,6,12H,5H2,1H3,(H,14,15). The molecule has 0 radical (unpaired) electrons. The van der Waals surface area contributed by atoms with E-state index in [1.165, 1.54) is 19.1 Å². The molecule has 0 saturated carbocycles. The molecule has 0 fully saturated rings. The number of nitro benzene ring substituents is 1. The molecule has 0 bridgehead atoms. The molecule has 1 rings (SSSR count). The Hall–Kier alpha value is -2.18. The van der Waals surface area contributed by atoms with E-state index in [0.717, 1.165) is 6.07 Å². The molecule has 0 saturated heterocycles. The largest absolute Gasteiger partial charge is 0.481 e. The van der Waals surface area contributed by atoms with Gasteiger partial charge in [0.25, 0.3) is 0 Å². The van der Waals surface area contributed by atoms with Crippen LogP contribution in [0.25, 0.3) is 0 Å². The topological polar surface area (TPSA) is 92.5 Å². The van der Waals surface area contributed by atoms with Crippen molar-refractivity contribution >= 4 is 17.3 Å². The molecule has 0 amide bonds. The molecule has 92 valence electrons. The Kier molecular flexibility index (Phi) is 3.97. The number of rotatable bonds is 5. The molecule has 1 aromatic carbocycles. The van der Waals surface area contributed by atoms with Gasteiger partial charge < -0.3 is 10.4 Å². The maximum absolute atomic E-state index is 13.2. The Bertz CT molecular complexity index is 450. The maximum Gasteiger partial charge on any atom is 0.327 e. The van der Waals surface area contributed by atoms with Crippen molar-refractivity contribution in [2.75, 3.05) is 11.9 Å². The van der Waals surface area contributed by atoms with E-state index in [2.05, 4.69) is 5.32 Å². The van der Waals surface area contributed by atoms with E-state index in [0.29, 0.717) is 0 Å². The summed E-state index contributed by atoms with van der Waals surface area (Å²) in [6.07, 6.45) is 0. The van der Waals surface area contributed by atoms with E-state index in [4.69, 9.17) is 5.11 Å². The average molecular weight is 242 g/mol. The third-order valence-corrected chi connectivity index (χ3v) is 2.19. The van der Waals surface area contributed by atoms with Crippen molar-refractivity contribution in [3.63, 3.8) is 0 Å². The van der Waals surface area contributed by atoms with E-state index in [9.17, 15) is 19.3 Å². The first-order valence-corrected chi connectivity index (χ1v) is 4.83. The second kappa shape index (κ2) is 5.24. The third-order valence-electron chi connectivity index (χ3n) is 2.19. The summed E-state index contributed by atoms with van der Waals surface area (Å²) in [6.45, 7) is 1.43. The minimum absolute atomic E-state index is 0.0143. The van der Waals surface area contributed by atoms with Crippen LogP contribution >= 0.6 is 0 Å². The molecular weight excluding hydrogens is 231 g/mol. The molecule has 0 aliphatic heterocycles. The molecule has 0 heterocycles. The average Bonchev–Trinajstić information content (AvgIpc) is 2.24. The molecule has 0 spiro atoms. The van der Waals surface area contributed by atoms with Gasteiger partial charge in [-0.15, -0.1) is 0 Å². The molecule has 1 aromatic rings. The van der Waals surface area contributed by atoms with Gasteiger partial charge in [0.15, 0.2) is 0 Å². The fourth-order valence-corrected chi connectivity index (χ4v) is 1.19. The van der Waals surface area contributed by atoms with Crippen LogP contribution in [0.3, 0.4) is 0 Å². The number of nitrogens with zero attached hydrogens (tertiary/aromatic N) is 1. The Morgan fingerprint density at radius 2 is 2.29 bits per heavy atom. The lowest BCUT2D eigenvalue weighted by molar-refractivity contribution is -0.386. The summed E-state index contributed by atoms with van der Waals surface area (Å²) in [5, 5.41) is 21.8. The summed E-state index contributed by atoms with van der Waals surface area (Å²) >= 11 is 0. The monoisotopic (exact) mass is 242 g/mol. The van der Waals surface area contributed by atoms with Gasteiger partial charge in [-0.1, -0.05) is 13.0 Å². The van der Waals surface area contributed by atoms with Crippen LogP contribution in [0.15, 0.2) is 18.2 Å². The normalized spacial score (nSPS) is 11.9. The molecule has 6 nitrogen and oxygen atoms in total. The van der Waals surface area contributed by atoms with Crippen LogP contribution < -0.4 is 5.32 Å². The number of benzene rings is 1. The van der Waals surface area contributed by atoms with Crippen LogP contribution in [0, 0.1) is 21.8 Å². The van der Waals surface area contributed by atoms with Gasteiger partial charge in [-0.25, -0.2) is 0 Å². The highest BCUT2D eigenvalue weighted by molar-refractivity contribution is 5.71. The van der Waals surface area contributed by atoms with Crippen molar-refractivity contribution in [3.8, 4) is 0 Å². The highest BCUT2D eigenvalue weighted by Crippen LogP contribution is 2.27. The molecule has 1 unspecified atom stereocenters. The van der Waals surface area contributed by atoms with Crippen molar-refractivity contribution < 1.29 is 19.2 Å². The van der Waals surface area contributed by atoms with Crippen molar-refractivity contribution in [3.05, 3.63) is 34.1 Å². The van der Waals surface area contributed by atoms with E-state index in [1.807, 2.05) is 0 Å². The number of para-hydroxylation sites is 1. The zero-order valence-electron chi connectivity index (χ0n) is 9.01. The summed E-state index contributed by atoms with van der Waals surface area (Å²) in [7, 11) is 0. The van der Waals surface area contributed by atoms with Crippen LogP contribution in [0.4, 0.5) is 15.8 Å². The van der Waals surface area contributed by atoms with Gasteiger partial charge in [-0.05, 0) is 12.1 Å². The zero-order chi connectivity index (χ0) is 13.0. The van der Waals surface area contributed by atoms with Gasteiger partial charge in [0.05, 0.1) is 10.8 Å². The minimum Gasteiger partial charge on any atom is -0.481 e. The lowest BCUT2D eigenvalue weighted by Gasteiger charge is -2.09. The van der Waals surface area contributed by atoms with Gasteiger partial charge in [-0.3, -0.25) is 14.9 Å². The number of carboxylic acids is 1. The molecule has 2 N–H and O–H groups in total. The van der Waals surface area contributed by atoms with E-state index < -0.39 is 28.3 Å². The number of nitrogens with one attached hydrogen (secondary N) is 1. The fourth-order valence-electron chi connectivity index (χ4n) is 1.19. The number of aliphatic carboxylic acids is 1. The van der Waals surface area contributed by atoms with Crippen LogP contribution in [0.2, 0.25) is 0 Å². The quantitative estimate of drug-likeness (QED) is 0.607. The summed E-state index contributed by atoms with van der Waals surface area (Å²) in [4.78, 5) is 20.3. The summed E-state index contributed by atoms with van der Waals surface area (Å²) in [5.41, 5.74) is -0.701. The highest BCUT2D eigenvalue weighted by Gasteiger charge is 2.20. The van der Waals surface area contributed by atoms with Crippen molar-refractivity contribution in [1.29, 1.82) is 0 Å². The molecule has 0 aliphatic rings. The Labute approximate surface area is 96.2 Å². The third kappa shape index (κ3) is 3.13. The second-order valence-electron chi connectivity index (χ2n) is 3.51. The fraction of sp³-hybridized carbons (Fsp3) is 0.300. The number of hydrogen-bond donors (Lipinski definition) is 2. The summed E-state index contributed by atoms with van der Waals surface area (Å²) in [5.74, 6) is -2.71. The number of carbonyl (C=O) groups is 1. The lowest BCUT2D eigenvalue weighted by atomic mass is 10.2. The van der Waals surface area contributed by atoms with Crippen molar-refractivity contribution in [2.24, 2.45) is 5.92 Å². The van der Waals surface area contributed by atoms with E-state index in [-0.39, 0.29) is 12.2 Å². The van der Waals surface area contributed by atoms with Gasteiger partial charge in [-0.2, -0.15) is 4.39 Å². The van der Waals surface area contributed by atoms with Crippen LogP contribution in [-0.4, -0.2) is 22.5 Å². The molecular formula is C10H11FN2O4. The SMILES string of the molecule is CC(CNc1cccc(F)c1[N+](=O)[O-])C(=O)O. The zero-order valence-corrected chi connectivity index (χ0v) is 9.01. The highest BCUT2D eigenvalue weighted by atomic mass is 19.1. The molecule has 0 aromatic heterocycles. The lowest BCUT2D eigenvalue weighted by Crippen LogP contribution is -2.20. The van der Waals surface area contributed by atoms with Crippen LogP contribution in [0.5, 0.6) is 0 Å². The van der Waals surface area contributed by atoms with Crippen molar-refractivity contribution in [2.45, 2.75) is 6.92 Å². The van der Waals surface area contributed by atoms with Crippen molar-refractivity contribution in [1.82, 2.24) is 0 Å². The minimum atomic E-state index is -1.03. The molecule has 0 aliphatic carbocycles. The molecule has 1 atom stereocenters. The first-order chi connectivity index (χ1) is 7.93. The Morgan fingerprint density at radius 1 is 1.65 bits per heavy atom. The molecule has 7 heteroatoms. The second-order valence-corrected chi connectivity index (χ2v) is 3.51. The van der Waals surface area contributed by atoms with E-state index in [1.54, 1.807) is 0 Å². The predicted molar refractivity (Wildman–Crippen MR) is 58.3 cm³/mol. The number of hydrogen-bond acceptors (Lipinski definition) is 4. The number of nitro groups is 1. The van der Waals surface area contributed by atoms with Crippen LogP contribution in [0.1, 0.15) is 6.92 Å². The smallest absolute Gasteiger partial charge is 0.327 e. The Balaban J connectivity index is 2.88. The van der Waals surface area contributed by atoms with Gasteiger partial charge in [0.2, 0.25) is 5.82 Å². The number of halogens is 1. The maximum atomic E-state index is 13.2. The van der Waals surface area contributed by atoms with Gasteiger partial charge >= 0.3 is 11.7 Å². The Morgan fingerprint density at radius 3 is 2.82 bits per heavy atom. The first-order valence-electron chi connectivity index (χ1n) is 4.83. The summed E-state index contributed by atoms with van der Waals surface area (Å²) in [6, 6.07) is 3.62. The van der Waals surface area contributed by atoms with Gasteiger partial charge in [0.1, 0.15) is 5.69 Å². The molecule has 17 heavy (non-hydrogen) atoms. The number of anilines is 1. The van der Waals surface area contributed by atoms with E-state index >= 15 is 0 Å².